The lowest BCUT2D eigenvalue weighted by molar-refractivity contribution is -0.150. The minimum atomic E-state index is -0.298. The third-order valence-electron chi connectivity index (χ3n) is 5.53. The topological polar surface area (TPSA) is 58.6 Å². The minimum absolute atomic E-state index is 0.0288. The van der Waals surface area contributed by atoms with Crippen LogP contribution in [0, 0.1) is 17.7 Å². The second-order valence-electron chi connectivity index (χ2n) is 7.58. The lowest BCUT2D eigenvalue weighted by Gasteiger charge is -2.42. The van der Waals surface area contributed by atoms with Crippen molar-refractivity contribution in [1.82, 2.24) is 10.2 Å². The number of halogens is 1. The van der Waals surface area contributed by atoms with Crippen LogP contribution in [0.4, 0.5) is 4.39 Å². The van der Waals surface area contributed by atoms with E-state index in [1.807, 2.05) is 0 Å². The van der Waals surface area contributed by atoms with E-state index in [4.69, 9.17) is 4.74 Å². The Morgan fingerprint density at radius 2 is 1.81 bits per heavy atom. The van der Waals surface area contributed by atoms with Crippen molar-refractivity contribution in [3.05, 3.63) is 30.1 Å². The maximum Gasteiger partial charge on any atom is 0.226 e. The summed E-state index contributed by atoms with van der Waals surface area (Å²) in [6.45, 7) is 3.82. The quantitative estimate of drug-likeness (QED) is 0.744. The van der Waals surface area contributed by atoms with Gasteiger partial charge in [-0.1, -0.05) is 26.2 Å². The van der Waals surface area contributed by atoms with Gasteiger partial charge in [-0.05, 0) is 43.5 Å². The first-order chi connectivity index (χ1) is 13.1. The highest BCUT2D eigenvalue weighted by atomic mass is 19.1. The van der Waals surface area contributed by atoms with Crippen molar-refractivity contribution in [3.8, 4) is 5.75 Å². The van der Waals surface area contributed by atoms with Crippen LogP contribution in [0.2, 0.25) is 0 Å². The van der Waals surface area contributed by atoms with E-state index >= 15 is 0 Å². The summed E-state index contributed by atoms with van der Waals surface area (Å²) in [5.41, 5.74) is 0. The van der Waals surface area contributed by atoms with E-state index in [-0.39, 0.29) is 35.6 Å². The minimum Gasteiger partial charge on any atom is -0.487 e. The highest BCUT2D eigenvalue weighted by Crippen LogP contribution is 2.33. The molecule has 1 aromatic carbocycles. The van der Waals surface area contributed by atoms with Gasteiger partial charge in [0.1, 0.15) is 17.7 Å². The second-order valence-corrected chi connectivity index (χ2v) is 7.58. The number of hydrogen-bond donors (Lipinski definition) is 1. The molecule has 1 saturated carbocycles. The van der Waals surface area contributed by atoms with Crippen LogP contribution in [-0.2, 0) is 9.59 Å². The van der Waals surface area contributed by atoms with Gasteiger partial charge >= 0.3 is 0 Å². The van der Waals surface area contributed by atoms with E-state index in [2.05, 4.69) is 12.2 Å². The molecule has 27 heavy (non-hydrogen) atoms. The Balaban J connectivity index is 1.50. The number of amides is 2. The zero-order valence-electron chi connectivity index (χ0n) is 16.0. The van der Waals surface area contributed by atoms with Crippen LogP contribution in [0.5, 0.6) is 5.75 Å². The summed E-state index contributed by atoms with van der Waals surface area (Å²) in [5, 5.41) is 2.99. The summed E-state index contributed by atoms with van der Waals surface area (Å²) in [6, 6.07) is 5.91. The van der Waals surface area contributed by atoms with Gasteiger partial charge < -0.3 is 15.0 Å². The number of hydrogen-bond acceptors (Lipinski definition) is 3. The molecule has 148 valence electrons. The zero-order valence-corrected chi connectivity index (χ0v) is 16.0. The third kappa shape index (κ3) is 4.99. The number of carbonyl (C=O) groups excluding carboxylic acids is 2. The molecule has 6 heteroatoms. The van der Waals surface area contributed by atoms with Crippen LogP contribution in [0.1, 0.15) is 45.4 Å². The highest BCUT2D eigenvalue weighted by Gasteiger charge is 2.41. The fourth-order valence-corrected chi connectivity index (χ4v) is 3.89. The molecule has 2 aliphatic rings. The number of ether oxygens (including phenoxy) is 1. The van der Waals surface area contributed by atoms with Crippen molar-refractivity contribution >= 4 is 11.8 Å². The third-order valence-corrected chi connectivity index (χ3v) is 5.53. The van der Waals surface area contributed by atoms with Gasteiger partial charge in [-0.2, -0.15) is 0 Å². The van der Waals surface area contributed by atoms with Crippen LogP contribution in [0.25, 0.3) is 0 Å². The maximum atomic E-state index is 13.0. The number of carbonyl (C=O) groups is 2. The fraction of sp³-hybridized carbons (Fsp3) is 0.619. The molecule has 1 aromatic rings. The Labute approximate surface area is 160 Å². The van der Waals surface area contributed by atoms with Crippen LogP contribution >= 0.6 is 0 Å². The number of nitrogens with one attached hydrogen (secondary N) is 1. The van der Waals surface area contributed by atoms with Gasteiger partial charge in [-0.25, -0.2) is 4.39 Å². The largest absolute Gasteiger partial charge is 0.487 e. The molecule has 2 fully saturated rings. The Hall–Kier alpha value is -2.11. The molecular weight excluding hydrogens is 347 g/mol. The van der Waals surface area contributed by atoms with Gasteiger partial charge in [-0.3, -0.25) is 9.59 Å². The van der Waals surface area contributed by atoms with Gasteiger partial charge in [0.2, 0.25) is 11.8 Å². The normalized spacial score (nSPS) is 22.8. The molecule has 3 rings (SSSR count). The van der Waals surface area contributed by atoms with Gasteiger partial charge in [0, 0.05) is 18.4 Å². The van der Waals surface area contributed by atoms with Crippen LogP contribution in [0.3, 0.4) is 0 Å². The first kappa shape index (κ1) is 19.6. The van der Waals surface area contributed by atoms with Gasteiger partial charge in [0.05, 0.1) is 13.1 Å². The predicted octanol–water partition coefficient (Wildman–Crippen LogP) is 3.14. The van der Waals surface area contributed by atoms with E-state index in [1.165, 1.54) is 12.1 Å². The van der Waals surface area contributed by atoms with E-state index in [0.717, 1.165) is 38.5 Å². The lowest BCUT2D eigenvalue weighted by atomic mass is 9.77. The van der Waals surface area contributed by atoms with Crippen LogP contribution in [0.15, 0.2) is 24.3 Å². The molecule has 1 aliphatic heterocycles. The Bertz CT molecular complexity index is 643. The van der Waals surface area contributed by atoms with Crippen LogP contribution < -0.4 is 10.1 Å². The van der Waals surface area contributed by atoms with Crippen molar-refractivity contribution in [3.63, 3.8) is 0 Å². The molecule has 1 aliphatic carbocycles. The average molecular weight is 376 g/mol. The number of benzene rings is 1. The molecule has 0 bridgehead atoms. The Morgan fingerprint density at radius 1 is 1.15 bits per heavy atom. The summed E-state index contributed by atoms with van der Waals surface area (Å²) < 4.78 is 18.7. The number of unbranched alkanes of at least 4 members (excludes halogenated alkanes) is 1. The summed E-state index contributed by atoms with van der Waals surface area (Å²) in [6.07, 6.45) is 5.51. The first-order valence-corrected chi connectivity index (χ1v) is 10.1. The van der Waals surface area contributed by atoms with Crippen molar-refractivity contribution in [2.45, 2.75) is 51.6 Å². The molecule has 0 radical (unpaired) electrons. The molecule has 1 heterocycles. The molecular formula is C21H29FN2O3. The molecule has 1 saturated heterocycles. The maximum absolute atomic E-state index is 13.0. The average Bonchev–Trinajstić information content (AvgIpc) is 2.65. The van der Waals surface area contributed by atoms with Crippen LogP contribution in [-0.4, -0.2) is 42.5 Å². The zero-order chi connectivity index (χ0) is 19.2. The monoisotopic (exact) mass is 376 g/mol. The summed E-state index contributed by atoms with van der Waals surface area (Å²) in [7, 11) is 0. The van der Waals surface area contributed by atoms with Gasteiger partial charge in [0.15, 0.2) is 0 Å². The van der Waals surface area contributed by atoms with Crippen molar-refractivity contribution in [2.24, 2.45) is 11.8 Å². The standard InChI is InChI=1S/C21H29FN2O3/c1-2-3-12-23-20(25)18-6-4-5-7-19(18)21(26)24-13-17(14-24)27-16-10-8-15(22)9-11-16/h8-11,17-19H,2-7,12-14H2,1H3,(H,23,25)/t18-,19+/m1/s1. The number of nitrogens with zero attached hydrogens (tertiary/aromatic N) is 1. The van der Waals surface area contributed by atoms with Gasteiger partial charge in [-0.15, -0.1) is 0 Å². The molecule has 2 amide bonds. The smallest absolute Gasteiger partial charge is 0.226 e. The number of rotatable bonds is 7. The van der Waals surface area contributed by atoms with E-state index in [0.29, 0.717) is 25.4 Å². The predicted molar refractivity (Wildman–Crippen MR) is 101 cm³/mol. The summed E-state index contributed by atoms with van der Waals surface area (Å²) >= 11 is 0. The van der Waals surface area contributed by atoms with Crippen molar-refractivity contribution in [1.29, 1.82) is 0 Å². The second kappa shape index (κ2) is 9.20. The number of likely N-dealkylation sites (tertiary alicyclic amines) is 1. The molecule has 5 nitrogen and oxygen atoms in total. The highest BCUT2D eigenvalue weighted by molar-refractivity contribution is 5.88. The SMILES string of the molecule is CCCCNC(=O)[C@@H]1CCCC[C@@H]1C(=O)N1CC(Oc2ccc(F)cc2)C1. The fourth-order valence-electron chi connectivity index (χ4n) is 3.89. The van der Waals surface area contributed by atoms with E-state index < -0.39 is 0 Å². The lowest BCUT2D eigenvalue weighted by Crippen LogP contribution is -2.59. The van der Waals surface area contributed by atoms with Gasteiger partial charge in [0.25, 0.3) is 0 Å². The molecule has 0 unspecified atom stereocenters. The molecule has 1 N–H and O–H groups in total. The molecule has 2 atom stereocenters. The molecule has 0 aromatic heterocycles. The Morgan fingerprint density at radius 3 is 2.48 bits per heavy atom. The van der Waals surface area contributed by atoms with Crippen molar-refractivity contribution in [2.75, 3.05) is 19.6 Å². The molecule has 0 spiro atoms. The van der Waals surface area contributed by atoms with E-state index in [9.17, 15) is 14.0 Å². The first-order valence-electron chi connectivity index (χ1n) is 10.1. The summed E-state index contributed by atoms with van der Waals surface area (Å²) in [4.78, 5) is 27.2. The van der Waals surface area contributed by atoms with Crippen molar-refractivity contribution < 1.29 is 18.7 Å². The Kier molecular flexibility index (Phi) is 6.69. The summed E-state index contributed by atoms with van der Waals surface area (Å²) in [5.74, 6) is -0.00887. The van der Waals surface area contributed by atoms with E-state index in [1.54, 1.807) is 17.0 Å².